The molecule has 0 rings (SSSR count). The number of hydrogen-bond donors (Lipinski definition) is 1. The van der Waals surface area contributed by atoms with Crippen LogP contribution in [0.3, 0.4) is 0 Å². The minimum absolute atomic E-state index is 0.165. The molecule has 0 saturated carbocycles. The molecule has 0 aromatic carbocycles. The van der Waals surface area contributed by atoms with Gasteiger partial charge >= 0.3 is 5.97 Å². The van der Waals surface area contributed by atoms with Gasteiger partial charge in [0.2, 0.25) is 0 Å². The quantitative estimate of drug-likeness (QED) is 0.624. The lowest BCUT2D eigenvalue weighted by molar-refractivity contribution is -0.143. The van der Waals surface area contributed by atoms with Crippen molar-refractivity contribution in [1.82, 2.24) is 0 Å². The van der Waals surface area contributed by atoms with Crippen LogP contribution in [0.1, 0.15) is 20.3 Å². The Morgan fingerprint density at radius 2 is 2.08 bits per heavy atom. The standard InChI is InChI=1S/C8H17NO3/c1-6(11-3)8(2,9)5-7(10)12-4/h6H,5,9H2,1-4H3. The molecule has 0 aromatic heterocycles. The van der Waals surface area contributed by atoms with E-state index in [9.17, 15) is 4.79 Å². The summed E-state index contributed by atoms with van der Waals surface area (Å²) < 4.78 is 9.53. The molecule has 0 aliphatic rings. The predicted molar refractivity (Wildman–Crippen MR) is 45.7 cm³/mol. The predicted octanol–water partition coefficient (Wildman–Crippen LogP) is 0.302. The lowest BCUT2D eigenvalue weighted by Crippen LogP contribution is -2.49. The van der Waals surface area contributed by atoms with Gasteiger partial charge in [-0.3, -0.25) is 4.79 Å². The maximum atomic E-state index is 10.9. The lowest BCUT2D eigenvalue weighted by atomic mass is 9.93. The number of rotatable bonds is 4. The first-order valence-electron chi connectivity index (χ1n) is 3.82. The van der Waals surface area contributed by atoms with Crippen molar-refractivity contribution in [1.29, 1.82) is 0 Å². The molecule has 2 N–H and O–H groups in total. The van der Waals surface area contributed by atoms with Crippen LogP contribution in [0.5, 0.6) is 0 Å². The van der Waals surface area contributed by atoms with Crippen molar-refractivity contribution < 1.29 is 14.3 Å². The SMILES string of the molecule is COC(=O)CC(C)(N)C(C)OC. The van der Waals surface area contributed by atoms with E-state index in [0.29, 0.717) is 0 Å². The molecule has 12 heavy (non-hydrogen) atoms. The first kappa shape index (κ1) is 11.4. The number of ether oxygens (including phenoxy) is 2. The molecule has 0 heterocycles. The van der Waals surface area contributed by atoms with Crippen molar-refractivity contribution in [3.05, 3.63) is 0 Å². The van der Waals surface area contributed by atoms with Crippen LogP contribution in [0.2, 0.25) is 0 Å². The first-order chi connectivity index (χ1) is 5.44. The van der Waals surface area contributed by atoms with Crippen LogP contribution >= 0.6 is 0 Å². The van der Waals surface area contributed by atoms with E-state index >= 15 is 0 Å². The highest BCUT2D eigenvalue weighted by Gasteiger charge is 2.29. The van der Waals surface area contributed by atoms with Gasteiger partial charge in [-0.05, 0) is 13.8 Å². The molecule has 72 valence electrons. The van der Waals surface area contributed by atoms with Crippen LogP contribution in [-0.4, -0.2) is 31.8 Å². The lowest BCUT2D eigenvalue weighted by Gasteiger charge is -2.29. The zero-order valence-electron chi connectivity index (χ0n) is 8.09. The van der Waals surface area contributed by atoms with Crippen LogP contribution in [-0.2, 0) is 14.3 Å². The van der Waals surface area contributed by atoms with Crippen molar-refractivity contribution in [3.63, 3.8) is 0 Å². The van der Waals surface area contributed by atoms with Crippen LogP contribution in [0.25, 0.3) is 0 Å². The van der Waals surface area contributed by atoms with Gasteiger partial charge in [-0.1, -0.05) is 0 Å². The van der Waals surface area contributed by atoms with Gasteiger partial charge in [0.15, 0.2) is 0 Å². The summed E-state index contributed by atoms with van der Waals surface area (Å²) in [5.41, 5.74) is 5.16. The Labute approximate surface area is 73.0 Å². The summed E-state index contributed by atoms with van der Waals surface area (Å²) >= 11 is 0. The molecule has 0 spiro atoms. The number of carbonyl (C=O) groups is 1. The second-order valence-electron chi connectivity index (χ2n) is 3.14. The van der Waals surface area contributed by atoms with Gasteiger partial charge in [-0.15, -0.1) is 0 Å². The molecule has 0 aliphatic carbocycles. The second kappa shape index (κ2) is 4.42. The fourth-order valence-electron chi connectivity index (χ4n) is 0.796. The van der Waals surface area contributed by atoms with Gasteiger partial charge in [0, 0.05) is 12.6 Å². The Balaban J connectivity index is 4.11. The molecular weight excluding hydrogens is 158 g/mol. The smallest absolute Gasteiger partial charge is 0.307 e. The maximum absolute atomic E-state index is 10.9. The van der Waals surface area contributed by atoms with Crippen molar-refractivity contribution in [2.45, 2.75) is 31.9 Å². The molecule has 2 atom stereocenters. The minimum atomic E-state index is -0.665. The minimum Gasteiger partial charge on any atom is -0.469 e. The molecule has 2 unspecified atom stereocenters. The largest absolute Gasteiger partial charge is 0.469 e. The molecule has 0 saturated heterocycles. The normalized spacial score (nSPS) is 18.1. The van der Waals surface area contributed by atoms with Gasteiger partial charge in [0.05, 0.1) is 19.6 Å². The van der Waals surface area contributed by atoms with Crippen LogP contribution in [0.15, 0.2) is 0 Å². The third kappa shape index (κ3) is 3.19. The third-order valence-corrected chi connectivity index (χ3v) is 2.04. The summed E-state index contributed by atoms with van der Waals surface area (Å²) in [6, 6.07) is 0. The molecule has 0 radical (unpaired) electrons. The molecule has 0 amide bonds. The Morgan fingerprint density at radius 1 is 1.58 bits per heavy atom. The van der Waals surface area contributed by atoms with Gasteiger partial charge in [0.25, 0.3) is 0 Å². The number of hydrogen-bond acceptors (Lipinski definition) is 4. The van der Waals surface area contributed by atoms with Crippen LogP contribution in [0, 0.1) is 0 Å². The highest BCUT2D eigenvalue weighted by molar-refractivity contribution is 5.70. The topological polar surface area (TPSA) is 61.5 Å². The highest BCUT2D eigenvalue weighted by atomic mass is 16.5. The molecule has 4 heteroatoms. The fourth-order valence-corrected chi connectivity index (χ4v) is 0.796. The van der Waals surface area contributed by atoms with E-state index in [1.54, 1.807) is 14.0 Å². The summed E-state index contributed by atoms with van der Waals surface area (Å²) in [5, 5.41) is 0. The van der Waals surface area contributed by atoms with Crippen molar-refractivity contribution in [3.8, 4) is 0 Å². The summed E-state index contributed by atoms with van der Waals surface area (Å²) in [6.07, 6.45) is -0.00463. The summed E-state index contributed by atoms with van der Waals surface area (Å²) in [6.45, 7) is 3.58. The Morgan fingerprint density at radius 3 is 2.42 bits per heavy atom. The van der Waals surface area contributed by atoms with Crippen molar-refractivity contribution >= 4 is 5.97 Å². The van der Waals surface area contributed by atoms with Crippen molar-refractivity contribution in [2.24, 2.45) is 5.73 Å². The van der Waals surface area contributed by atoms with E-state index in [-0.39, 0.29) is 18.5 Å². The van der Waals surface area contributed by atoms with Gasteiger partial charge in [-0.2, -0.15) is 0 Å². The Kier molecular flexibility index (Phi) is 4.20. The molecule has 4 nitrogen and oxygen atoms in total. The molecule has 0 aliphatic heterocycles. The zero-order valence-corrected chi connectivity index (χ0v) is 8.09. The van der Waals surface area contributed by atoms with Crippen LogP contribution < -0.4 is 5.73 Å². The zero-order chi connectivity index (χ0) is 9.78. The highest BCUT2D eigenvalue weighted by Crippen LogP contribution is 2.14. The second-order valence-corrected chi connectivity index (χ2v) is 3.14. The monoisotopic (exact) mass is 175 g/mol. The maximum Gasteiger partial charge on any atom is 0.307 e. The molecular formula is C8H17NO3. The van der Waals surface area contributed by atoms with Crippen molar-refractivity contribution in [2.75, 3.05) is 14.2 Å². The van der Waals surface area contributed by atoms with Gasteiger partial charge < -0.3 is 15.2 Å². The van der Waals surface area contributed by atoms with E-state index in [4.69, 9.17) is 10.5 Å². The van der Waals surface area contributed by atoms with Gasteiger partial charge in [0.1, 0.15) is 0 Å². The number of esters is 1. The average Bonchev–Trinajstić information content (AvgIpc) is 2.02. The molecule has 0 fully saturated rings. The fraction of sp³-hybridized carbons (Fsp3) is 0.875. The van der Waals surface area contributed by atoms with E-state index < -0.39 is 5.54 Å². The average molecular weight is 175 g/mol. The Bertz CT molecular complexity index is 156. The number of methoxy groups -OCH3 is 2. The van der Waals surface area contributed by atoms with E-state index in [2.05, 4.69) is 4.74 Å². The molecule has 0 bridgehead atoms. The van der Waals surface area contributed by atoms with E-state index in [1.165, 1.54) is 7.11 Å². The number of nitrogens with two attached hydrogens (primary N) is 1. The summed E-state index contributed by atoms with van der Waals surface area (Å²) in [7, 11) is 2.91. The van der Waals surface area contributed by atoms with E-state index in [0.717, 1.165) is 0 Å². The summed E-state index contributed by atoms with van der Waals surface area (Å²) in [4.78, 5) is 10.9. The molecule has 0 aromatic rings. The first-order valence-corrected chi connectivity index (χ1v) is 3.82. The number of carbonyl (C=O) groups excluding carboxylic acids is 1. The summed E-state index contributed by atoms with van der Waals surface area (Å²) in [5.74, 6) is -0.316. The van der Waals surface area contributed by atoms with E-state index in [1.807, 2.05) is 6.92 Å². The van der Waals surface area contributed by atoms with Gasteiger partial charge in [-0.25, -0.2) is 0 Å². The third-order valence-electron chi connectivity index (χ3n) is 2.04. The Hall–Kier alpha value is -0.610. The van der Waals surface area contributed by atoms with Crippen LogP contribution in [0.4, 0.5) is 0 Å².